The molecule has 0 unspecified atom stereocenters. The molecule has 0 amide bonds. The molecule has 2 aromatic rings. The number of hydrogen-bond acceptors (Lipinski definition) is 4. The lowest BCUT2D eigenvalue weighted by atomic mass is 9.73. The second-order valence-corrected chi connectivity index (χ2v) is 6.37. The summed E-state index contributed by atoms with van der Waals surface area (Å²) in [5.74, 6) is -2.16. The maximum absolute atomic E-state index is 13.8. The van der Waals surface area contributed by atoms with Crippen molar-refractivity contribution in [1.29, 1.82) is 0 Å². The Kier molecular flexibility index (Phi) is 5.69. The van der Waals surface area contributed by atoms with Gasteiger partial charge in [-0.05, 0) is 48.8 Å². The van der Waals surface area contributed by atoms with Gasteiger partial charge < -0.3 is 9.47 Å². The van der Waals surface area contributed by atoms with Crippen LogP contribution in [-0.2, 0) is 14.3 Å². The summed E-state index contributed by atoms with van der Waals surface area (Å²) < 4.78 is 24.3. The van der Waals surface area contributed by atoms with Gasteiger partial charge in [0.2, 0.25) is 0 Å². The van der Waals surface area contributed by atoms with Gasteiger partial charge in [0.25, 0.3) is 0 Å². The zero-order valence-corrected chi connectivity index (χ0v) is 15.3. The monoisotopic (exact) mass is 368 g/mol. The Morgan fingerprint density at radius 1 is 1.19 bits per heavy atom. The Balaban J connectivity index is 2.07. The molecule has 2 aromatic carbocycles. The number of rotatable bonds is 5. The van der Waals surface area contributed by atoms with E-state index in [4.69, 9.17) is 9.47 Å². The molecule has 0 saturated carbocycles. The Bertz CT molecular complexity index is 887. The molecular formula is C22H21FO4. The van der Waals surface area contributed by atoms with E-state index in [1.54, 1.807) is 26.2 Å². The van der Waals surface area contributed by atoms with Crippen molar-refractivity contribution in [2.24, 2.45) is 5.92 Å². The van der Waals surface area contributed by atoms with Gasteiger partial charge in [-0.25, -0.2) is 4.39 Å². The predicted molar refractivity (Wildman–Crippen MR) is 99.9 cm³/mol. The van der Waals surface area contributed by atoms with Crippen LogP contribution >= 0.6 is 0 Å². The molecule has 2 atom stereocenters. The van der Waals surface area contributed by atoms with Gasteiger partial charge in [0, 0.05) is 11.5 Å². The number of carbonyl (C=O) groups is 2. The molecule has 1 aliphatic rings. The van der Waals surface area contributed by atoms with Crippen LogP contribution in [0.1, 0.15) is 30.4 Å². The van der Waals surface area contributed by atoms with E-state index in [2.05, 4.69) is 0 Å². The number of esters is 1. The van der Waals surface area contributed by atoms with Crippen molar-refractivity contribution in [2.75, 3.05) is 13.7 Å². The number of allylic oxidation sites excluding steroid dienone is 2. The first-order valence-electron chi connectivity index (χ1n) is 8.85. The number of hydrogen-bond donors (Lipinski definition) is 0. The quantitative estimate of drug-likeness (QED) is 0.588. The average molecular weight is 368 g/mol. The van der Waals surface area contributed by atoms with Crippen LogP contribution in [0, 0.1) is 11.7 Å². The summed E-state index contributed by atoms with van der Waals surface area (Å²) in [7, 11) is 1.56. The molecule has 1 aliphatic carbocycles. The minimum atomic E-state index is -0.981. The highest BCUT2D eigenvalue weighted by Gasteiger charge is 2.40. The molecule has 0 spiro atoms. The van der Waals surface area contributed by atoms with Crippen LogP contribution in [0.4, 0.5) is 4.39 Å². The number of ketones is 1. The fourth-order valence-electron chi connectivity index (χ4n) is 3.53. The summed E-state index contributed by atoms with van der Waals surface area (Å²) in [6.45, 7) is 1.88. The van der Waals surface area contributed by atoms with Crippen molar-refractivity contribution in [3.05, 3.63) is 71.6 Å². The summed E-state index contributed by atoms with van der Waals surface area (Å²) in [5.41, 5.74) is 2.14. The number of carbonyl (C=O) groups excluding carboxylic acids is 2. The molecule has 0 N–H and O–H groups in total. The number of halogens is 1. The fourth-order valence-corrected chi connectivity index (χ4v) is 3.53. The normalized spacial score (nSPS) is 19.4. The minimum absolute atomic E-state index is 0.182. The number of methoxy groups -OCH3 is 1. The van der Waals surface area contributed by atoms with E-state index in [0.717, 1.165) is 11.1 Å². The summed E-state index contributed by atoms with van der Waals surface area (Å²) in [5, 5.41) is 0. The van der Waals surface area contributed by atoms with E-state index in [9.17, 15) is 14.0 Å². The maximum atomic E-state index is 13.8. The van der Waals surface area contributed by atoms with Gasteiger partial charge in [0.05, 0.1) is 13.7 Å². The van der Waals surface area contributed by atoms with Crippen molar-refractivity contribution in [3.63, 3.8) is 0 Å². The Morgan fingerprint density at radius 3 is 2.67 bits per heavy atom. The van der Waals surface area contributed by atoms with Crippen molar-refractivity contribution in [3.8, 4) is 5.75 Å². The molecule has 27 heavy (non-hydrogen) atoms. The third kappa shape index (κ3) is 3.92. The zero-order valence-electron chi connectivity index (χ0n) is 15.3. The molecule has 0 aliphatic heterocycles. The molecule has 4 nitrogen and oxygen atoms in total. The van der Waals surface area contributed by atoms with Gasteiger partial charge in [-0.15, -0.1) is 0 Å². The first-order valence-corrected chi connectivity index (χ1v) is 8.85. The molecule has 0 aromatic heterocycles. The highest BCUT2D eigenvalue weighted by Crippen LogP contribution is 2.42. The van der Waals surface area contributed by atoms with Crippen molar-refractivity contribution >= 4 is 17.3 Å². The van der Waals surface area contributed by atoms with Crippen LogP contribution in [0.3, 0.4) is 0 Å². The van der Waals surface area contributed by atoms with Crippen LogP contribution in [0.2, 0.25) is 0 Å². The van der Waals surface area contributed by atoms with Gasteiger partial charge in [-0.1, -0.05) is 30.3 Å². The summed E-state index contributed by atoms with van der Waals surface area (Å²) in [4.78, 5) is 25.3. The van der Waals surface area contributed by atoms with Crippen LogP contribution in [0.25, 0.3) is 5.57 Å². The van der Waals surface area contributed by atoms with Crippen molar-refractivity contribution < 1.29 is 23.5 Å². The van der Waals surface area contributed by atoms with Gasteiger partial charge in [-0.3, -0.25) is 9.59 Å². The topological polar surface area (TPSA) is 52.6 Å². The Morgan fingerprint density at radius 2 is 1.96 bits per heavy atom. The highest BCUT2D eigenvalue weighted by molar-refractivity contribution is 6.11. The molecular weight excluding hydrogens is 347 g/mol. The average Bonchev–Trinajstić information content (AvgIpc) is 2.67. The largest absolute Gasteiger partial charge is 0.496 e. The third-order valence-corrected chi connectivity index (χ3v) is 4.74. The second-order valence-electron chi connectivity index (χ2n) is 6.37. The molecule has 0 heterocycles. The Labute approximate surface area is 157 Å². The zero-order chi connectivity index (χ0) is 19.4. The third-order valence-electron chi connectivity index (χ3n) is 4.74. The summed E-state index contributed by atoms with van der Waals surface area (Å²) >= 11 is 0. The van der Waals surface area contributed by atoms with E-state index in [1.807, 2.05) is 24.3 Å². The summed E-state index contributed by atoms with van der Waals surface area (Å²) in [6, 6.07) is 13.4. The van der Waals surface area contributed by atoms with Crippen molar-refractivity contribution in [2.45, 2.75) is 19.3 Å². The molecule has 0 radical (unpaired) electrons. The van der Waals surface area contributed by atoms with E-state index in [1.165, 1.54) is 18.2 Å². The summed E-state index contributed by atoms with van der Waals surface area (Å²) in [6.07, 6.45) is 1.88. The van der Waals surface area contributed by atoms with E-state index in [0.29, 0.717) is 17.7 Å². The van der Waals surface area contributed by atoms with E-state index in [-0.39, 0.29) is 12.4 Å². The second kappa shape index (κ2) is 8.16. The van der Waals surface area contributed by atoms with Crippen LogP contribution in [0.15, 0.2) is 54.6 Å². The number of para-hydroxylation sites is 1. The lowest BCUT2D eigenvalue weighted by molar-refractivity contribution is -0.151. The lowest BCUT2D eigenvalue weighted by Gasteiger charge is -2.30. The van der Waals surface area contributed by atoms with Crippen molar-refractivity contribution in [1.82, 2.24) is 0 Å². The first-order chi connectivity index (χ1) is 13.0. The first kappa shape index (κ1) is 18.8. The van der Waals surface area contributed by atoms with Gasteiger partial charge >= 0.3 is 5.97 Å². The number of ether oxygens (including phenoxy) is 2. The molecule has 140 valence electrons. The smallest absolute Gasteiger partial charge is 0.317 e. The predicted octanol–water partition coefficient (Wildman–Crippen LogP) is 4.15. The molecule has 0 fully saturated rings. The highest BCUT2D eigenvalue weighted by atomic mass is 19.1. The standard InChI is InChI=1S/C22H21FO4/c1-3-27-22(25)21-18(14-7-6-8-16(23)11-14)12-15(13-19(21)24)17-9-4-5-10-20(17)26-2/h4-11,13,18,21H,3,12H2,1-2H3/t18-,21-/m1/s1. The van der Waals surface area contributed by atoms with Crippen LogP contribution in [-0.4, -0.2) is 25.5 Å². The fraction of sp³-hybridized carbons (Fsp3) is 0.273. The maximum Gasteiger partial charge on any atom is 0.317 e. The van der Waals surface area contributed by atoms with Gasteiger partial charge in [0.15, 0.2) is 5.78 Å². The molecule has 3 rings (SSSR count). The number of benzene rings is 2. The minimum Gasteiger partial charge on any atom is -0.496 e. The molecule has 5 heteroatoms. The van der Waals surface area contributed by atoms with Gasteiger partial charge in [0.1, 0.15) is 17.5 Å². The SMILES string of the molecule is CCOC(=O)[C@H]1C(=O)C=C(c2ccccc2OC)C[C@@H]1c1cccc(F)c1. The Hall–Kier alpha value is -2.95. The van der Waals surface area contributed by atoms with Crippen LogP contribution in [0.5, 0.6) is 5.75 Å². The molecule has 0 bridgehead atoms. The van der Waals surface area contributed by atoms with E-state index < -0.39 is 23.6 Å². The molecule has 0 saturated heterocycles. The van der Waals surface area contributed by atoms with Crippen LogP contribution < -0.4 is 4.74 Å². The van der Waals surface area contributed by atoms with E-state index >= 15 is 0 Å². The van der Waals surface area contributed by atoms with Gasteiger partial charge in [-0.2, -0.15) is 0 Å². The lowest BCUT2D eigenvalue weighted by Crippen LogP contribution is -2.34.